The van der Waals surface area contributed by atoms with Crippen LogP contribution in [0.1, 0.15) is 32.1 Å². The van der Waals surface area contributed by atoms with Crippen LogP contribution in [0, 0.1) is 23.7 Å². The number of rotatable bonds is 4. The fourth-order valence-electron chi connectivity index (χ4n) is 7.81. The van der Waals surface area contributed by atoms with Crippen molar-refractivity contribution in [1.82, 2.24) is 0 Å². The molecule has 4 aliphatic rings. The molecular formula is C28H31As. The van der Waals surface area contributed by atoms with Gasteiger partial charge in [0.1, 0.15) is 0 Å². The first-order chi connectivity index (χ1) is 14.4. The van der Waals surface area contributed by atoms with E-state index in [1.807, 2.05) is 0 Å². The zero-order valence-electron chi connectivity index (χ0n) is 17.1. The van der Waals surface area contributed by atoms with Gasteiger partial charge in [-0.2, -0.15) is 0 Å². The first-order valence-electron chi connectivity index (χ1n) is 11.5. The molecule has 3 aromatic rings. The molecule has 0 unspecified atom stereocenters. The molecule has 0 amide bonds. The van der Waals surface area contributed by atoms with Gasteiger partial charge in [0, 0.05) is 0 Å². The van der Waals surface area contributed by atoms with E-state index in [0.29, 0.717) is 0 Å². The van der Waals surface area contributed by atoms with E-state index in [1.54, 1.807) is 13.1 Å². The number of hydrogen-bond donors (Lipinski definition) is 0. The van der Waals surface area contributed by atoms with Crippen LogP contribution in [0.15, 0.2) is 91.0 Å². The summed E-state index contributed by atoms with van der Waals surface area (Å²) in [5.74, 6) is 3.92. The Hall–Kier alpha value is -1.78. The van der Waals surface area contributed by atoms with E-state index in [0.717, 1.165) is 28.4 Å². The summed E-state index contributed by atoms with van der Waals surface area (Å²) in [4.78, 5) is 0. The van der Waals surface area contributed by atoms with Crippen molar-refractivity contribution in [3.05, 3.63) is 91.0 Å². The Bertz CT molecular complexity index is 838. The predicted octanol–water partition coefficient (Wildman–Crippen LogP) is 4.72. The van der Waals surface area contributed by atoms with Crippen molar-refractivity contribution in [1.29, 1.82) is 0 Å². The molecule has 0 saturated heterocycles. The van der Waals surface area contributed by atoms with Crippen LogP contribution in [-0.4, -0.2) is 13.6 Å². The van der Waals surface area contributed by atoms with Crippen LogP contribution in [0.25, 0.3) is 0 Å². The van der Waals surface area contributed by atoms with Gasteiger partial charge in [0.2, 0.25) is 0 Å². The van der Waals surface area contributed by atoms with E-state index in [-0.39, 0.29) is 0 Å². The topological polar surface area (TPSA) is 0 Å². The minimum absolute atomic E-state index is 0.884. The van der Waals surface area contributed by atoms with Gasteiger partial charge < -0.3 is 0 Å². The average molecular weight is 442 g/mol. The standard InChI is InChI=1S/C28H31As/c1-4-10-25(11-5-1)29(26-12-6-2-7-13-26,27-14-8-3-9-15-27)28-23-17-21-16-22(19-23)20-24(28)18-21/h1-15,21-24,28-29H,16-20H2. The summed E-state index contributed by atoms with van der Waals surface area (Å²) >= 11 is -2.86. The molecule has 0 aliphatic heterocycles. The van der Waals surface area contributed by atoms with Gasteiger partial charge in [-0.05, 0) is 0 Å². The van der Waals surface area contributed by atoms with Crippen LogP contribution in [0.3, 0.4) is 0 Å². The average Bonchev–Trinajstić information content (AvgIpc) is 2.78. The zero-order valence-corrected chi connectivity index (χ0v) is 19.2. The summed E-state index contributed by atoms with van der Waals surface area (Å²) in [5, 5.41) is 0. The SMILES string of the molecule is c1ccc([AsH](c2ccccc2)(c2ccccc2)C2C3CC4CC(C3)CC2C4)cc1. The van der Waals surface area contributed by atoms with Crippen LogP contribution in [0.5, 0.6) is 0 Å². The Morgan fingerprint density at radius 3 is 1.14 bits per heavy atom. The van der Waals surface area contributed by atoms with Crippen LogP contribution in [0.4, 0.5) is 0 Å². The number of hydrogen-bond acceptors (Lipinski definition) is 0. The van der Waals surface area contributed by atoms with Crippen LogP contribution < -0.4 is 13.1 Å². The fraction of sp³-hybridized carbons (Fsp3) is 0.357. The molecule has 3 aromatic carbocycles. The molecule has 0 heterocycles. The van der Waals surface area contributed by atoms with Gasteiger partial charge >= 0.3 is 178 Å². The molecule has 0 radical (unpaired) electrons. The summed E-state index contributed by atoms with van der Waals surface area (Å²) in [7, 11) is 0. The van der Waals surface area contributed by atoms with E-state index in [4.69, 9.17) is 0 Å². The molecule has 0 spiro atoms. The minimum atomic E-state index is -2.86. The Labute approximate surface area is 177 Å². The molecule has 4 aliphatic carbocycles. The van der Waals surface area contributed by atoms with Crippen molar-refractivity contribution in [2.45, 2.75) is 36.8 Å². The van der Waals surface area contributed by atoms with Crippen molar-refractivity contribution >= 4 is 26.6 Å². The van der Waals surface area contributed by atoms with E-state index in [1.165, 1.54) is 32.1 Å². The van der Waals surface area contributed by atoms with E-state index >= 15 is 0 Å². The van der Waals surface area contributed by atoms with Crippen LogP contribution >= 0.6 is 0 Å². The van der Waals surface area contributed by atoms with Gasteiger partial charge in [-0.15, -0.1) is 0 Å². The Balaban J connectivity index is 1.64. The molecule has 4 saturated carbocycles. The fourth-order valence-corrected chi connectivity index (χ4v) is 21.0. The van der Waals surface area contributed by atoms with Gasteiger partial charge in [-0.3, -0.25) is 0 Å². The summed E-state index contributed by atoms with van der Waals surface area (Å²) in [6.45, 7) is 0. The zero-order chi connectivity index (χ0) is 19.3. The van der Waals surface area contributed by atoms with Crippen molar-refractivity contribution in [2.75, 3.05) is 0 Å². The third kappa shape index (κ3) is 2.79. The van der Waals surface area contributed by atoms with Gasteiger partial charge in [0.15, 0.2) is 0 Å². The summed E-state index contributed by atoms with van der Waals surface area (Å²) in [6.07, 6.45) is 7.52. The van der Waals surface area contributed by atoms with Gasteiger partial charge in [0.05, 0.1) is 0 Å². The maximum absolute atomic E-state index is 2.86. The Morgan fingerprint density at radius 2 is 0.793 bits per heavy atom. The molecule has 0 N–H and O–H groups in total. The summed E-state index contributed by atoms with van der Waals surface area (Å²) in [6, 6.07) is 35.2. The normalized spacial score (nSPS) is 31.0. The molecule has 4 bridgehead atoms. The summed E-state index contributed by atoms with van der Waals surface area (Å²) < 4.78 is 5.89. The third-order valence-electron chi connectivity index (χ3n) is 8.41. The maximum atomic E-state index is 2.48. The molecule has 4 fully saturated rings. The second kappa shape index (κ2) is 7.17. The monoisotopic (exact) mass is 442 g/mol. The predicted molar refractivity (Wildman–Crippen MR) is 126 cm³/mol. The quantitative estimate of drug-likeness (QED) is 0.513. The van der Waals surface area contributed by atoms with Crippen molar-refractivity contribution in [3.63, 3.8) is 0 Å². The van der Waals surface area contributed by atoms with Crippen molar-refractivity contribution in [2.24, 2.45) is 23.7 Å². The Morgan fingerprint density at radius 1 is 0.448 bits per heavy atom. The third-order valence-corrected chi connectivity index (χ3v) is 20.3. The summed E-state index contributed by atoms with van der Waals surface area (Å²) in [5.41, 5.74) is 0. The molecule has 7 rings (SSSR count). The number of benzene rings is 3. The molecule has 148 valence electrons. The second-order valence-electron chi connectivity index (χ2n) is 9.86. The second-order valence-corrected chi connectivity index (χ2v) is 18.3. The van der Waals surface area contributed by atoms with E-state index < -0.39 is 13.6 Å². The van der Waals surface area contributed by atoms with Gasteiger partial charge in [0.25, 0.3) is 0 Å². The van der Waals surface area contributed by atoms with Crippen LogP contribution in [-0.2, 0) is 0 Å². The van der Waals surface area contributed by atoms with Crippen molar-refractivity contribution < 1.29 is 0 Å². The Kier molecular flexibility index (Phi) is 4.46. The molecule has 0 nitrogen and oxygen atoms in total. The molecule has 0 aromatic heterocycles. The van der Waals surface area contributed by atoms with Gasteiger partial charge in [-0.1, -0.05) is 0 Å². The molecular weight excluding hydrogens is 411 g/mol. The molecule has 29 heavy (non-hydrogen) atoms. The van der Waals surface area contributed by atoms with Gasteiger partial charge in [-0.25, -0.2) is 0 Å². The molecule has 0 atom stereocenters. The molecule has 1 heteroatoms. The van der Waals surface area contributed by atoms with E-state index in [9.17, 15) is 0 Å². The van der Waals surface area contributed by atoms with Crippen LogP contribution in [0.2, 0.25) is 4.71 Å². The van der Waals surface area contributed by atoms with Crippen molar-refractivity contribution in [3.8, 4) is 0 Å². The first kappa shape index (κ1) is 18.0. The van der Waals surface area contributed by atoms with E-state index in [2.05, 4.69) is 91.0 Å². The first-order valence-corrected chi connectivity index (χ1v) is 15.9.